The van der Waals surface area contributed by atoms with Gasteiger partial charge in [-0.05, 0) is 44.4 Å². The van der Waals surface area contributed by atoms with Gasteiger partial charge in [-0.25, -0.2) is 4.99 Å². The van der Waals surface area contributed by atoms with Gasteiger partial charge in [-0.3, -0.25) is 4.79 Å². The Hall–Kier alpha value is -1.89. The van der Waals surface area contributed by atoms with Crippen molar-refractivity contribution in [2.75, 3.05) is 20.2 Å². The third kappa shape index (κ3) is 3.31. The normalized spacial score (nSPS) is 21.4. The number of hydrogen-bond donors (Lipinski definition) is 0. The summed E-state index contributed by atoms with van der Waals surface area (Å²) in [6.45, 7) is 4.39. The van der Waals surface area contributed by atoms with Crippen LogP contribution in [0.2, 0.25) is 0 Å². The number of hydrogen-bond acceptors (Lipinski definition) is 3. The van der Waals surface area contributed by atoms with Gasteiger partial charge in [0.25, 0.3) is 0 Å². The number of aldehydes is 1. The minimum atomic E-state index is -4.58. The first kappa shape index (κ1) is 18.4. The Morgan fingerprint density at radius 3 is 2.62 bits per heavy atom. The first-order valence-corrected chi connectivity index (χ1v) is 7.80. The van der Waals surface area contributed by atoms with E-state index in [1.165, 1.54) is 12.1 Å². The average Bonchev–Trinajstić information content (AvgIpc) is 3.03. The number of aliphatic imine (C=N–C) groups is 1. The summed E-state index contributed by atoms with van der Waals surface area (Å²) in [5, 5.41) is 0. The van der Waals surface area contributed by atoms with E-state index in [0.717, 1.165) is 6.54 Å². The van der Waals surface area contributed by atoms with Gasteiger partial charge in [-0.1, -0.05) is 0 Å². The molecule has 0 amide bonds. The lowest BCUT2D eigenvalue weighted by Crippen LogP contribution is -2.42. The molecule has 1 unspecified atom stereocenters. The third-order valence-electron chi connectivity index (χ3n) is 4.30. The number of nitrogens with zero attached hydrogens (tertiary/aromatic N) is 2. The van der Waals surface area contributed by atoms with Crippen molar-refractivity contribution in [2.45, 2.75) is 38.5 Å². The summed E-state index contributed by atoms with van der Waals surface area (Å²) in [6.07, 6.45) is -2.44. The van der Waals surface area contributed by atoms with Crippen molar-refractivity contribution in [1.29, 1.82) is 0 Å². The number of carbonyl (C=O) groups excluding carboxylic acids is 1. The second-order valence-corrected chi connectivity index (χ2v) is 5.94. The molecule has 0 aliphatic carbocycles. The number of halogens is 3. The van der Waals surface area contributed by atoms with Gasteiger partial charge in [-0.15, -0.1) is 0 Å². The molecule has 7 heteroatoms. The summed E-state index contributed by atoms with van der Waals surface area (Å²) in [4.78, 5) is 17.5. The highest BCUT2D eigenvalue weighted by molar-refractivity contribution is 5.81. The molecule has 1 atom stereocenters. The van der Waals surface area contributed by atoms with Crippen LogP contribution in [0.4, 0.5) is 18.9 Å². The summed E-state index contributed by atoms with van der Waals surface area (Å²) in [5.41, 5.74) is -1.53. The number of benzene rings is 1. The first-order valence-electron chi connectivity index (χ1n) is 7.80. The maximum atomic E-state index is 13.7. The molecule has 0 spiro atoms. The van der Waals surface area contributed by atoms with Crippen LogP contribution >= 0.6 is 0 Å². The Labute approximate surface area is 139 Å². The van der Waals surface area contributed by atoms with E-state index in [-0.39, 0.29) is 24.2 Å². The van der Waals surface area contributed by atoms with Crippen LogP contribution in [0.3, 0.4) is 0 Å². The van der Waals surface area contributed by atoms with Gasteiger partial charge in [-0.2, -0.15) is 13.2 Å². The predicted molar refractivity (Wildman–Crippen MR) is 85.9 cm³/mol. The molecule has 1 fully saturated rings. The minimum absolute atomic E-state index is 0.0258. The third-order valence-corrected chi connectivity index (χ3v) is 4.30. The molecular formula is C17H21F3N2O2. The fourth-order valence-corrected chi connectivity index (χ4v) is 2.77. The highest BCUT2D eigenvalue weighted by atomic mass is 19.4. The smallest absolute Gasteiger partial charge is 0.366 e. The van der Waals surface area contributed by atoms with Crippen LogP contribution in [0.5, 0.6) is 0 Å². The zero-order chi connectivity index (χ0) is 18.0. The minimum Gasteiger partial charge on any atom is -0.366 e. The van der Waals surface area contributed by atoms with Crippen molar-refractivity contribution >= 4 is 18.3 Å². The molecule has 1 aromatic rings. The fourth-order valence-electron chi connectivity index (χ4n) is 2.77. The van der Waals surface area contributed by atoms with Crippen molar-refractivity contribution < 1.29 is 22.7 Å². The number of ether oxygens (including phenoxy) is 1. The van der Waals surface area contributed by atoms with Crippen molar-refractivity contribution in [3.63, 3.8) is 0 Å². The van der Waals surface area contributed by atoms with E-state index in [1.807, 2.05) is 18.9 Å². The molecule has 1 saturated heterocycles. The summed E-state index contributed by atoms with van der Waals surface area (Å²) in [6, 6.07) is 2.77. The van der Waals surface area contributed by atoms with Gasteiger partial charge >= 0.3 is 6.18 Å². The van der Waals surface area contributed by atoms with Crippen LogP contribution in [0.15, 0.2) is 17.1 Å². The number of alkyl halides is 3. The van der Waals surface area contributed by atoms with Crippen LogP contribution in [-0.4, -0.2) is 43.9 Å². The largest absolute Gasteiger partial charge is 0.421 e. The van der Waals surface area contributed by atoms with E-state index in [1.54, 1.807) is 13.3 Å². The summed E-state index contributed by atoms with van der Waals surface area (Å²) in [7, 11) is 1.83. The molecule has 0 saturated carbocycles. The average molecular weight is 342 g/mol. The Bertz CT molecular complexity index is 635. The fraction of sp³-hybridized carbons (Fsp3) is 0.529. The van der Waals surface area contributed by atoms with Crippen molar-refractivity contribution in [1.82, 2.24) is 4.90 Å². The van der Waals surface area contributed by atoms with Crippen LogP contribution in [-0.2, 0) is 10.3 Å². The number of rotatable bonds is 5. The van der Waals surface area contributed by atoms with E-state index in [4.69, 9.17) is 4.74 Å². The van der Waals surface area contributed by atoms with Crippen LogP contribution < -0.4 is 0 Å². The topological polar surface area (TPSA) is 41.9 Å². The molecule has 1 aliphatic rings. The van der Waals surface area contributed by atoms with Crippen LogP contribution in [0.25, 0.3) is 0 Å². The lowest BCUT2D eigenvalue weighted by molar-refractivity contribution is -0.269. The molecule has 132 valence electrons. The Morgan fingerprint density at radius 1 is 1.42 bits per heavy atom. The number of aryl methyl sites for hydroxylation is 1. The second-order valence-electron chi connectivity index (χ2n) is 5.94. The maximum Gasteiger partial charge on any atom is 0.421 e. The van der Waals surface area contributed by atoms with Gasteiger partial charge < -0.3 is 9.64 Å². The Morgan fingerprint density at radius 2 is 2.12 bits per heavy atom. The van der Waals surface area contributed by atoms with E-state index in [2.05, 4.69) is 4.99 Å². The standard InChI is InChI=1S/C17H21F3N2O2/c1-4-22(3)11-21-15-9-13(10-23)14(8-12(15)2)16(17(18,19)20)6-5-7-24-16/h8-11H,4-7H2,1-3H3. The Kier molecular flexibility index (Phi) is 5.32. The summed E-state index contributed by atoms with van der Waals surface area (Å²) < 4.78 is 46.1. The predicted octanol–water partition coefficient (Wildman–Crippen LogP) is 3.99. The molecule has 1 aromatic carbocycles. The molecule has 0 aromatic heterocycles. The molecule has 24 heavy (non-hydrogen) atoms. The van der Waals surface area contributed by atoms with E-state index >= 15 is 0 Å². The molecule has 1 aliphatic heterocycles. The quantitative estimate of drug-likeness (QED) is 0.462. The molecule has 0 N–H and O–H groups in total. The Balaban J connectivity index is 2.54. The molecule has 1 heterocycles. The lowest BCUT2D eigenvalue weighted by atomic mass is 9.85. The molecule has 0 radical (unpaired) electrons. The highest BCUT2D eigenvalue weighted by Crippen LogP contribution is 2.50. The maximum absolute atomic E-state index is 13.7. The lowest BCUT2D eigenvalue weighted by Gasteiger charge is -2.32. The van der Waals surface area contributed by atoms with Crippen molar-refractivity contribution in [3.05, 3.63) is 28.8 Å². The number of carbonyl (C=O) groups is 1. The second kappa shape index (κ2) is 6.93. The van der Waals surface area contributed by atoms with E-state index in [9.17, 15) is 18.0 Å². The highest BCUT2D eigenvalue weighted by Gasteiger charge is 2.59. The first-order chi connectivity index (χ1) is 11.2. The van der Waals surface area contributed by atoms with Gasteiger partial charge in [0.05, 0.1) is 12.0 Å². The van der Waals surface area contributed by atoms with E-state index < -0.39 is 11.8 Å². The SMILES string of the molecule is CCN(C)C=Nc1cc(C=O)c(C2(C(F)(F)F)CCCO2)cc1C. The monoisotopic (exact) mass is 342 g/mol. The van der Waals surface area contributed by atoms with Crippen LogP contribution in [0.1, 0.15) is 41.3 Å². The van der Waals surface area contributed by atoms with Crippen molar-refractivity contribution in [3.8, 4) is 0 Å². The molecule has 2 rings (SSSR count). The zero-order valence-corrected chi connectivity index (χ0v) is 14.0. The van der Waals surface area contributed by atoms with Gasteiger partial charge in [0.15, 0.2) is 11.9 Å². The van der Waals surface area contributed by atoms with Gasteiger partial charge in [0.2, 0.25) is 0 Å². The van der Waals surface area contributed by atoms with Gasteiger partial charge in [0.1, 0.15) is 0 Å². The molecule has 0 bridgehead atoms. The summed E-state index contributed by atoms with van der Waals surface area (Å²) in [5.74, 6) is 0. The zero-order valence-electron chi connectivity index (χ0n) is 14.0. The molecular weight excluding hydrogens is 321 g/mol. The summed E-state index contributed by atoms with van der Waals surface area (Å²) >= 11 is 0. The van der Waals surface area contributed by atoms with Gasteiger partial charge in [0, 0.05) is 31.3 Å². The molecule has 4 nitrogen and oxygen atoms in total. The van der Waals surface area contributed by atoms with Crippen molar-refractivity contribution in [2.24, 2.45) is 4.99 Å². The van der Waals surface area contributed by atoms with Crippen LogP contribution in [0, 0.1) is 6.92 Å². The van der Waals surface area contributed by atoms with E-state index in [0.29, 0.717) is 24.0 Å².